The van der Waals surface area contributed by atoms with Gasteiger partial charge in [-0.1, -0.05) is 22.0 Å². The highest BCUT2D eigenvalue weighted by atomic mass is 79.9. The quantitative estimate of drug-likeness (QED) is 0.637. The monoisotopic (exact) mass is 493 g/mol. The number of aliphatic carboxylic acids is 1. The van der Waals surface area contributed by atoms with Gasteiger partial charge in [0.05, 0.1) is 18.1 Å². The van der Waals surface area contributed by atoms with Crippen molar-refractivity contribution in [2.24, 2.45) is 10.9 Å². The van der Waals surface area contributed by atoms with Crippen LogP contribution in [0.3, 0.4) is 0 Å². The number of halogens is 2. The number of fused-ring (bicyclic) bond motifs is 1. The Morgan fingerprint density at radius 1 is 1.43 bits per heavy atom. The van der Waals surface area contributed by atoms with E-state index in [0.29, 0.717) is 26.6 Å². The summed E-state index contributed by atoms with van der Waals surface area (Å²) in [6.45, 7) is 2.05. The number of carboxylic acids is 1. The van der Waals surface area contributed by atoms with Crippen LogP contribution >= 0.6 is 27.3 Å². The molecule has 2 aliphatic heterocycles. The second kappa shape index (κ2) is 8.27. The van der Waals surface area contributed by atoms with Gasteiger partial charge in [-0.05, 0) is 24.6 Å². The summed E-state index contributed by atoms with van der Waals surface area (Å²) in [5.74, 6) is -2.13. The number of amidine groups is 1. The van der Waals surface area contributed by atoms with E-state index in [-0.39, 0.29) is 25.1 Å². The third kappa shape index (κ3) is 3.65. The Hall–Kier alpha value is -2.59. The largest absolute Gasteiger partial charge is 0.481 e. The van der Waals surface area contributed by atoms with E-state index in [0.717, 1.165) is 0 Å². The third-order valence-corrected chi connectivity index (χ3v) is 6.44. The van der Waals surface area contributed by atoms with Gasteiger partial charge in [-0.25, -0.2) is 14.2 Å². The van der Waals surface area contributed by atoms with E-state index >= 15 is 0 Å². The summed E-state index contributed by atoms with van der Waals surface area (Å²) in [5.41, 5.74) is 1.41. The van der Waals surface area contributed by atoms with Crippen molar-refractivity contribution >= 4 is 45.0 Å². The number of hydrogen-bond acceptors (Lipinski definition) is 7. The van der Waals surface area contributed by atoms with Crippen LogP contribution in [0.25, 0.3) is 0 Å². The zero-order valence-electron chi connectivity index (χ0n) is 15.8. The van der Waals surface area contributed by atoms with E-state index in [2.05, 4.69) is 20.9 Å². The van der Waals surface area contributed by atoms with Gasteiger partial charge in [0.15, 0.2) is 10.8 Å². The van der Waals surface area contributed by atoms with Crippen molar-refractivity contribution < 1.29 is 23.8 Å². The maximum absolute atomic E-state index is 13.7. The van der Waals surface area contributed by atoms with Gasteiger partial charge < -0.3 is 14.7 Å². The van der Waals surface area contributed by atoms with Gasteiger partial charge in [-0.3, -0.25) is 9.79 Å². The number of aliphatic imine (C=N–C) groups is 1. The summed E-state index contributed by atoms with van der Waals surface area (Å²) in [7, 11) is 0. The van der Waals surface area contributed by atoms with Crippen LogP contribution < -0.4 is 0 Å². The minimum absolute atomic E-state index is 0.165. The standard InChI is InChI=1S/C20H17BrFN3O4S/c1-2-29-20(28)15-14-7-10(19(26)27)9-25(14)17(18-23-5-6-30-18)24-16(15)12-4-3-11(22)8-13(12)21/h3-6,8,10,16H,2,7,9H2,1H3,(H,26,27). The van der Waals surface area contributed by atoms with E-state index in [1.807, 2.05) is 0 Å². The molecule has 1 saturated heterocycles. The Labute approximate surface area is 184 Å². The molecule has 10 heteroatoms. The lowest BCUT2D eigenvalue weighted by Crippen LogP contribution is -2.36. The number of esters is 1. The van der Waals surface area contributed by atoms with Gasteiger partial charge >= 0.3 is 11.9 Å². The number of carbonyl (C=O) groups excluding carboxylic acids is 1. The molecule has 3 heterocycles. The van der Waals surface area contributed by atoms with Crippen LogP contribution in [0.15, 0.2) is 50.5 Å². The highest BCUT2D eigenvalue weighted by molar-refractivity contribution is 9.10. The van der Waals surface area contributed by atoms with Crippen LogP contribution in [0.1, 0.15) is 30.0 Å². The van der Waals surface area contributed by atoms with Gasteiger partial charge in [0.2, 0.25) is 0 Å². The Morgan fingerprint density at radius 3 is 2.87 bits per heavy atom. The zero-order chi connectivity index (χ0) is 21.4. The van der Waals surface area contributed by atoms with E-state index in [1.54, 1.807) is 29.5 Å². The molecule has 0 spiro atoms. The molecule has 0 saturated carbocycles. The lowest BCUT2D eigenvalue weighted by Gasteiger charge is -2.31. The average molecular weight is 494 g/mol. The van der Waals surface area contributed by atoms with E-state index < -0.39 is 29.7 Å². The van der Waals surface area contributed by atoms with Crippen LogP contribution in [-0.4, -0.2) is 45.9 Å². The van der Waals surface area contributed by atoms with Crippen molar-refractivity contribution in [3.8, 4) is 0 Å². The molecule has 30 heavy (non-hydrogen) atoms. The fraction of sp³-hybridized carbons (Fsp3) is 0.300. The van der Waals surface area contributed by atoms with Gasteiger partial charge in [0.1, 0.15) is 11.9 Å². The summed E-state index contributed by atoms with van der Waals surface area (Å²) < 4.78 is 19.4. The van der Waals surface area contributed by atoms with Gasteiger partial charge in [-0.15, -0.1) is 11.3 Å². The molecule has 4 rings (SSSR count). The van der Waals surface area contributed by atoms with Crippen molar-refractivity contribution in [2.75, 3.05) is 13.2 Å². The van der Waals surface area contributed by atoms with E-state index in [1.165, 1.54) is 23.5 Å². The Bertz CT molecular complexity index is 1070. The molecule has 2 aliphatic rings. The molecular weight excluding hydrogens is 477 g/mol. The molecule has 156 valence electrons. The highest BCUT2D eigenvalue weighted by Crippen LogP contribution is 2.43. The Balaban J connectivity index is 1.92. The fourth-order valence-electron chi connectivity index (χ4n) is 3.68. The van der Waals surface area contributed by atoms with Crippen LogP contribution in [0.5, 0.6) is 0 Å². The molecule has 0 bridgehead atoms. The second-order valence-electron chi connectivity index (χ2n) is 6.79. The normalized spacial score (nSPS) is 20.8. The molecular formula is C20H17BrFN3O4S. The lowest BCUT2D eigenvalue weighted by molar-refractivity contribution is -0.141. The summed E-state index contributed by atoms with van der Waals surface area (Å²) in [4.78, 5) is 35.5. The summed E-state index contributed by atoms with van der Waals surface area (Å²) in [6.07, 6.45) is 1.81. The Morgan fingerprint density at radius 2 is 2.23 bits per heavy atom. The van der Waals surface area contributed by atoms with Crippen LogP contribution in [0.2, 0.25) is 0 Å². The zero-order valence-corrected chi connectivity index (χ0v) is 18.2. The number of allylic oxidation sites excluding steroid dienone is 1. The van der Waals surface area contributed by atoms with Crippen molar-refractivity contribution in [2.45, 2.75) is 19.4 Å². The van der Waals surface area contributed by atoms with Crippen molar-refractivity contribution in [1.82, 2.24) is 9.88 Å². The Kier molecular flexibility index (Phi) is 5.70. The molecule has 0 aliphatic carbocycles. The summed E-state index contributed by atoms with van der Waals surface area (Å²) in [5, 5.41) is 12.0. The number of thiazole rings is 1. The van der Waals surface area contributed by atoms with Crippen molar-refractivity contribution in [3.05, 3.63) is 61.9 Å². The predicted molar refractivity (Wildman–Crippen MR) is 112 cm³/mol. The average Bonchev–Trinajstić information content (AvgIpc) is 3.37. The molecule has 1 aromatic heterocycles. The summed E-state index contributed by atoms with van der Waals surface area (Å²) in [6, 6.07) is 3.39. The number of carbonyl (C=O) groups is 2. The molecule has 1 N–H and O–H groups in total. The molecule has 2 atom stereocenters. The maximum atomic E-state index is 13.7. The minimum atomic E-state index is -0.946. The molecule has 1 fully saturated rings. The minimum Gasteiger partial charge on any atom is -0.481 e. The maximum Gasteiger partial charge on any atom is 0.338 e. The third-order valence-electron chi connectivity index (χ3n) is 4.99. The molecule has 2 aromatic rings. The molecule has 0 radical (unpaired) electrons. The number of carboxylic acid groups (broad SMARTS) is 1. The van der Waals surface area contributed by atoms with Gasteiger partial charge in [0, 0.05) is 34.7 Å². The summed E-state index contributed by atoms with van der Waals surface area (Å²) >= 11 is 4.74. The number of nitrogens with zero attached hydrogens (tertiary/aromatic N) is 3. The number of ether oxygens (including phenoxy) is 1. The number of hydrogen-bond donors (Lipinski definition) is 1. The first kappa shape index (κ1) is 20.7. The van der Waals surface area contributed by atoms with Gasteiger partial charge in [0.25, 0.3) is 0 Å². The van der Waals surface area contributed by atoms with E-state index in [4.69, 9.17) is 9.73 Å². The number of benzene rings is 1. The van der Waals surface area contributed by atoms with E-state index in [9.17, 15) is 19.1 Å². The van der Waals surface area contributed by atoms with Gasteiger partial charge in [-0.2, -0.15) is 0 Å². The topological polar surface area (TPSA) is 92.1 Å². The first-order valence-corrected chi connectivity index (χ1v) is 10.9. The number of aromatic nitrogens is 1. The molecule has 7 nitrogen and oxygen atoms in total. The SMILES string of the molecule is CCOC(=O)C1=C2CC(C(=O)O)CN2C(c2nccs2)=NC1c1ccc(F)cc1Br. The molecule has 1 aromatic carbocycles. The van der Waals surface area contributed by atoms with Crippen molar-refractivity contribution in [1.29, 1.82) is 0 Å². The van der Waals surface area contributed by atoms with Crippen LogP contribution in [0.4, 0.5) is 4.39 Å². The predicted octanol–water partition coefficient (Wildman–Crippen LogP) is 3.77. The van der Waals surface area contributed by atoms with Crippen molar-refractivity contribution in [3.63, 3.8) is 0 Å². The highest BCUT2D eigenvalue weighted by Gasteiger charge is 2.44. The first-order valence-electron chi connectivity index (χ1n) is 9.23. The fourth-order valence-corrected chi connectivity index (χ4v) is 4.89. The second-order valence-corrected chi connectivity index (χ2v) is 8.54. The van der Waals surface area contributed by atoms with Crippen LogP contribution in [-0.2, 0) is 14.3 Å². The number of rotatable bonds is 5. The van der Waals surface area contributed by atoms with Crippen LogP contribution in [0, 0.1) is 11.7 Å². The smallest absolute Gasteiger partial charge is 0.338 e. The first-order chi connectivity index (χ1) is 14.4. The molecule has 0 amide bonds. The lowest BCUT2D eigenvalue weighted by atomic mass is 9.94. The molecule has 2 unspecified atom stereocenters.